The van der Waals surface area contributed by atoms with Crippen molar-refractivity contribution in [2.45, 2.75) is 33.2 Å². The third-order valence-corrected chi connectivity index (χ3v) is 2.99. The largest absolute Gasteiger partial charge is 0.364 e. The van der Waals surface area contributed by atoms with Gasteiger partial charge in [0.05, 0.1) is 18.6 Å². The summed E-state index contributed by atoms with van der Waals surface area (Å²) in [6.45, 7) is 6.62. The van der Waals surface area contributed by atoms with Gasteiger partial charge in [-0.15, -0.1) is 0 Å². The van der Waals surface area contributed by atoms with Crippen LogP contribution in [0.25, 0.3) is 0 Å². The van der Waals surface area contributed by atoms with Crippen LogP contribution < -0.4 is 5.32 Å². The Balaban J connectivity index is 2.20. The highest BCUT2D eigenvalue weighted by molar-refractivity contribution is 6.30. The van der Waals surface area contributed by atoms with Gasteiger partial charge < -0.3 is 10.3 Å². The Morgan fingerprint density at radius 2 is 2.17 bits per heavy atom. The molecule has 2 N–H and O–H groups in total. The lowest BCUT2D eigenvalue weighted by atomic mass is 10.2. The number of H-pyrrole nitrogens is 1. The number of aromatic nitrogens is 4. The van der Waals surface area contributed by atoms with Gasteiger partial charge in [0.25, 0.3) is 0 Å². The maximum absolute atomic E-state index is 6.11. The number of aromatic amines is 1. The van der Waals surface area contributed by atoms with Crippen LogP contribution in [-0.4, -0.2) is 19.9 Å². The zero-order valence-corrected chi connectivity index (χ0v) is 11.4. The summed E-state index contributed by atoms with van der Waals surface area (Å²) in [5, 5.41) is 3.75. The van der Waals surface area contributed by atoms with E-state index in [1.54, 1.807) is 12.5 Å². The second kappa shape index (κ2) is 5.35. The fraction of sp³-hybridized carbons (Fsp3) is 0.417. The molecule has 0 aliphatic rings. The molecule has 0 amide bonds. The van der Waals surface area contributed by atoms with Gasteiger partial charge in [-0.1, -0.05) is 25.4 Å². The molecular weight excluding hydrogens is 250 g/mol. The van der Waals surface area contributed by atoms with E-state index in [0.717, 1.165) is 22.9 Å². The first-order valence-electron chi connectivity index (χ1n) is 5.83. The Kier molecular flexibility index (Phi) is 3.81. The predicted octanol–water partition coefficient (Wildman–Crippen LogP) is 2.90. The smallest absolute Gasteiger partial charge is 0.137 e. The SMILES string of the molecule is Cc1c(Cl)nc(C(C)C)nc1NCc1cnc[nH]1. The molecule has 2 rings (SSSR count). The Morgan fingerprint density at radius 1 is 1.39 bits per heavy atom. The summed E-state index contributed by atoms with van der Waals surface area (Å²) in [5.41, 5.74) is 1.86. The van der Waals surface area contributed by atoms with Gasteiger partial charge in [0, 0.05) is 17.7 Å². The van der Waals surface area contributed by atoms with Crippen molar-refractivity contribution in [1.82, 2.24) is 19.9 Å². The third kappa shape index (κ3) is 2.79. The number of nitrogens with one attached hydrogen (secondary N) is 2. The first-order valence-corrected chi connectivity index (χ1v) is 6.21. The maximum Gasteiger partial charge on any atom is 0.137 e. The lowest BCUT2D eigenvalue weighted by Gasteiger charge is -2.12. The molecule has 0 saturated carbocycles. The van der Waals surface area contributed by atoms with E-state index < -0.39 is 0 Å². The summed E-state index contributed by atoms with van der Waals surface area (Å²) in [7, 11) is 0. The monoisotopic (exact) mass is 265 g/mol. The van der Waals surface area contributed by atoms with Crippen molar-refractivity contribution in [3.8, 4) is 0 Å². The molecule has 0 fully saturated rings. The average molecular weight is 266 g/mol. The molecular formula is C12H16ClN5. The van der Waals surface area contributed by atoms with Gasteiger partial charge >= 0.3 is 0 Å². The Labute approximate surface area is 111 Å². The molecule has 2 aromatic heterocycles. The van der Waals surface area contributed by atoms with E-state index in [-0.39, 0.29) is 5.92 Å². The van der Waals surface area contributed by atoms with Crippen molar-refractivity contribution in [3.63, 3.8) is 0 Å². The average Bonchev–Trinajstić information content (AvgIpc) is 2.83. The molecule has 0 unspecified atom stereocenters. The number of imidazole rings is 1. The molecule has 0 saturated heterocycles. The van der Waals surface area contributed by atoms with E-state index in [4.69, 9.17) is 11.6 Å². The van der Waals surface area contributed by atoms with Crippen molar-refractivity contribution in [1.29, 1.82) is 0 Å². The van der Waals surface area contributed by atoms with E-state index in [1.165, 1.54) is 0 Å². The molecule has 0 aliphatic carbocycles. The standard InChI is InChI=1S/C12H16ClN5/c1-7(2)11-17-10(13)8(3)12(18-11)15-5-9-4-14-6-16-9/h4,6-7H,5H2,1-3H3,(H,14,16)(H,15,17,18). The van der Waals surface area contributed by atoms with Crippen LogP contribution in [0.5, 0.6) is 0 Å². The number of anilines is 1. The van der Waals surface area contributed by atoms with E-state index in [2.05, 4.69) is 25.3 Å². The number of hydrogen-bond donors (Lipinski definition) is 2. The third-order valence-electron chi connectivity index (χ3n) is 2.62. The van der Waals surface area contributed by atoms with Gasteiger partial charge in [0.15, 0.2) is 0 Å². The minimum absolute atomic E-state index is 0.246. The van der Waals surface area contributed by atoms with E-state index in [9.17, 15) is 0 Å². The number of rotatable bonds is 4. The molecule has 6 heteroatoms. The van der Waals surface area contributed by atoms with Gasteiger partial charge in [-0.25, -0.2) is 15.0 Å². The van der Waals surface area contributed by atoms with Crippen molar-refractivity contribution < 1.29 is 0 Å². The molecule has 2 heterocycles. The van der Waals surface area contributed by atoms with Crippen LogP contribution >= 0.6 is 11.6 Å². The fourth-order valence-corrected chi connectivity index (χ4v) is 1.67. The second-order valence-corrected chi connectivity index (χ2v) is 4.79. The van der Waals surface area contributed by atoms with Gasteiger partial charge in [-0.2, -0.15) is 0 Å². The molecule has 5 nitrogen and oxygen atoms in total. The van der Waals surface area contributed by atoms with Crippen molar-refractivity contribution in [3.05, 3.63) is 34.8 Å². The van der Waals surface area contributed by atoms with Gasteiger partial charge in [-0.05, 0) is 6.92 Å². The topological polar surface area (TPSA) is 66.5 Å². The lowest BCUT2D eigenvalue weighted by Crippen LogP contribution is -2.08. The van der Waals surface area contributed by atoms with E-state index in [0.29, 0.717) is 11.7 Å². The predicted molar refractivity (Wildman–Crippen MR) is 71.8 cm³/mol. The molecule has 0 radical (unpaired) electrons. The zero-order chi connectivity index (χ0) is 13.1. The Bertz CT molecular complexity index is 522. The molecule has 0 bridgehead atoms. The van der Waals surface area contributed by atoms with Crippen LogP contribution in [0.15, 0.2) is 12.5 Å². The molecule has 0 spiro atoms. The van der Waals surface area contributed by atoms with Crippen molar-refractivity contribution >= 4 is 17.4 Å². The molecule has 0 aliphatic heterocycles. The summed E-state index contributed by atoms with van der Waals surface area (Å²) in [5.74, 6) is 1.77. The summed E-state index contributed by atoms with van der Waals surface area (Å²) < 4.78 is 0. The first-order chi connectivity index (χ1) is 8.58. The van der Waals surface area contributed by atoms with Crippen LogP contribution in [-0.2, 0) is 6.54 Å². The minimum atomic E-state index is 0.246. The second-order valence-electron chi connectivity index (χ2n) is 4.43. The van der Waals surface area contributed by atoms with Crippen molar-refractivity contribution in [2.75, 3.05) is 5.32 Å². The highest BCUT2D eigenvalue weighted by Crippen LogP contribution is 2.23. The summed E-state index contributed by atoms with van der Waals surface area (Å²) in [6.07, 6.45) is 3.42. The van der Waals surface area contributed by atoms with Crippen LogP contribution in [0, 0.1) is 6.92 Å². The Morgan fingerprint density at radius 3 is 2.78 bits per heavy atom. The van der Waals surface area contributed by atoms with Crippen LogP contribution in [0.4, 0.5) is 5.82 Å². The zero-order valence-electron chi connectivity index (χ0n) is 10.7. The van der Waals surface area contributed by atoms with Gasteiger partial charge in [0.1, 0.15) is 16.8 Å². The highest BCUT2D eigenvalue weighted by Gasteiger charge is 2.11. The summed E-state index contributed by atoms with van der Waals surface area (Å²) in [6, 6.07) is 0. The van der Waals surface area contributed by atoms with E-state index in [1.807, 2.05) is 20.8 Å². The molecule has 0 atom stereocenters. The van der Waals surface area contributed by atoms with Crippen LogP contribution in [0.3, 0.4) is 0 Å². The Hall–Kier alpha value is -1.62. The normalized spacial score (nSPS) is 10.9. The molecule has 18 heavy (non-hydrogen) atoms. The maximum atomic E-state index is 6.11. The quantitative estimate of drug-likeness (QED) is 0.834. The number of nitrogens with zero attached hydrogens (tertiary/aromatic N) is 3. The fourth-order valence-electron chi connectivity index (χ4n) is 1.50. The summed E-state index contributed by atoms with van der Waals surface area (Å²) in [4.78, 5) is 15.8. The first kappa shape index (κ1) is 12.8. The molecule has 2 aromatic rings. The number of hydrogen-bond acceptors (Lipinski definition) is 4. The minimum Gasteiger partial charge on any atom is -0.364 e. The lowest BCUT2D eigenvalue weighted by molar-refractivity contribution is 0.771. The van der Waals surface area contributed by atoms with Gasteiger partial charge in [-0.3, -0.25) is 0 Å². The van der Waals surface area contributed by atoms with E-state index >= 15 is 0 Å². The summed E-state index contributed by atoms with van der Waals surface area (Å²) >= 11 is 6.11. The van der Waals surface area contributed by atoms with Crippen molar-refractivity contribution in [2.24, 2.45) is 0 Å². The molecule has 96 valence electrons. The number of halogens is 1. The van der Waals surface area contributed by atoms with Crippen LogP contribution in [0.2, 0.25) is 5.15 Å². The highest BCUT2D eigenvalue weighted by atomic mass is 35.5. The molecule has 0 aromatic carbocycles. The van der Waals surface area contributed by atoms with Gasteiger partial charge in [0.2, 0.25) is 0 Å². The van der Waals surface area contributed by atoms with Crippen LogP contribution in [0.1, 0.15) is 36.8 Å².